The molecule has 0 saturated carbocycles. The molecule has 3 nitrogen and oxygen atoms in total. The maximum absolute atomic E-state index is 8.91. The predicted molar refractivity (Wildman–Crippen MR) is 62.9 cm³/mol. The van der Waals surface area contributed by atoms with Crippen molar-refractivity contribution in [1.82, 2.24) is 4.98 Å². The van der Waals surface area contributed by atoms with Crippen LogP contribution in [-0.4, -0.2) is 17.2 Å². The molecule has 0 bridgehead atoms. The van der Waals surface area contributed by atoms with Crippen molar-refractivity contribution >= 4 is 6.08 Å². The second kappa shape index (κ2) is 7.01. The number of pyridine rings is 1. The average molecular weight is 209 g/mol. The summed E-state index contributed by atoms with van der Waals surface area (Å²) in [7, 11) is 1.59. The molecule has 0 unspecified atom stereocenters. The molecule has 3 heteroatoms. The topological polar surface area (TPSA) is 42.4 Å². The predicted octanol–water partition coefficient (Wildman–Crippen LogP) is 2.56. The van der Waals surface area contributed by atoms with Crippen LogP contribution < -0.4 is 4.74 Å². The molecule has 1 rings (SSSR count). The van der Waals surface area contributed by atoms with Gasteiger partial charge in [-0.15, -0.1) is 0 Å². The average Bonchev–Trinajstić information content (AvgIpc) is 2.30. The molecular weight excluding hydrogens is 190 g/mol. The van der Waals surface area contributed by atoms with Crippen LogP contribution in [0.4, 0.5) is 0 Å². The van der Waals surface area contributed by atoms with E-state index in [9.17, 15) is 0 Å². The Morgan fingerprint density at radius 2 is 2.13 bits per heavy atom. The van der Waals surface area contributed by atoms with Crippen molar-refractivity contribution in [3.63, 3.8) is 0 Å². The molecule has 0 aliphatic heterocycles. The third kappa shape index (κ3) is 3.36. The lowest BCUT2D eigenvalue weighted by Crippen LogP contribution is -1.98. The molecule has 0 aliphatic carbocycles. The zero-order valence-corrected chi connectivity index (χ0v) is 9.87. The Kier molecular flexibility index (Phi) is 6.38. The summed E-state index contributed by atoms with van der Waals surface area (Å²) in [6, 6.07) is 1.80. The Bertz CT molecular complexity index is 322. The number of aromatic nitrogens is 1. The fourth-order valence-electron chi connectivity index (χ4n) is 1.24. The van der Waals surface area contributed by atoms with Crippen molar-refractivity contribution in [2.75, 3.05) is 7.11 Å². The van der Waals surface area contributed by atoms with Gasteiger partial charge in [0, 0.05) is 0 Å². The van der Waals surface area contributed by atoms with Crippen LogP contribution in [0.5, 0.6) is 5.75 Å². The SMILES string of the molecule is C=Cc1nc(CO)cc(C)c1OC.CC. The molecule has 84 valence electrons. The molecule has 0 aliphatic rings. The van der Waals surface area contributed by atoms with Crippen molar-refractivity contribution in [3.8, 4) is 5.75 Å². The molecule has 1 aromatic heterocycles. The number of rotatable bonds is 3. The minimum absolute atomic E-state index is 0.0638. The molecule has 0 radical (unpaired) electrons. The standard InChI is InChI=1S/C10H13NO2.C2H6/c1-4-9-10(13-3)7(2)5-8(6-12)11-9;1-2/h4-5,12H,1,6H2,2-3H3;1-2H3. The van der Waals surface area contributed by atoms with E-state index in [0.717, 1.165) is 5.56 Å². The van der Waals surface area contributed by atoms with Gasteiger partial charge >= 0.3 is 0 Å². The second-order valence-corrected chi connectivity index (χ2v) is 2.71. The number of nitrogens with zero attached hydrogens (tertiary/aromatic N) is 1. The number of aliphatic hydroxyl groups excluding tert-OH is 1. The summed E-state index contributed by atoms with van der Waals surface area (Å²) in [5.74, 6) is 0.715. The van der Waals surface area contributed by atoms with Crippen LogP contribution in [-0.2, 0) is 6.61 Å². The van der Waals surface area contributed by atoms with Gasteiger partial charge in [-0.1, -0.05) is 20.4 Å². The van der Waals surface area contributed by atoms with Gasteiger partial charge in [-0.25, -0.2) is 4.98 Å². The lowest BCUT2D eigenvalue weighted by Gasteiger charge is -2.09. The van der Waals surface area contributed by atoms with E-state index in [-0.39, 0.29) is 6.61 Å². The summed E-state index contributed by atoms with van der Waals surface area (Å²) in [5, 5.41) is 8.91. The summed E-state index contributed by atoms with van der Waals surface area (Å²) < 4.78 is 5.15. The van der Waals surface area contributed by atoms with Crippen molar-refractivity contribution < 1.29 is 9.84 Å². The highest BCUT2D eigenvalue weighted by Gasteiger charge is 2.06. The molecular formula is C12H19NO2. The van der Waals surface area contributed by atoms with Gasteiger partial charge in [0.25, 0.3) is 0 Å². The van der Waals surface area contributed by atoms with Crippen LogP contribution in [0.1, 0.15) is 30.8 Å². The molecule has 1 heterocycles. The van der Waals surface area contributed by atoms with Gasteiger partial charge in [0.1, 0.15) is 11.4 Å². The third-order valence-corrected chi connectivity index (χ3v) is 1.80. The Morgan fingerprint density at radius 1 is 1.53 bits per heavy atom. The highest BCUT2D eigenvalue weighted by Crippen LogP contribution is 2.23. The normalized spacial score (nSPS) is 8.87. The van der Waals surface area contributed by atoms with E-state index in [1.807, 2.05) is 20.8 Å². The summed E-state index contributed by atoms with van der Waals surface area (Å²) >= 11 is 0. The molecule has 15 heavy (non-hydrogen) atoms. The van der Waals surface area contributed by atoms with Crippen molar-refractivity contribution in [1.29, 1.82) is 0 Å². The Balaban J connectivity index is 0.000000921. The van der Waals surface area contributed by atoms with E-state index in [2.05, 4.69) is 11.6 Å². The van der Waals surface area contributed by atoms with E-state index >= 15 is 0 Å². The fourth-order valence-corrected chi connectivity index (χ4v) is 1.24. The summed E-state index contributed by atoms with van der Waals surface area (Å²) in [5.41, 5.74) is 2.26. The molecule has 1 aromatic rings. The minimum Gasteiger partial charge on any atom is -0.494 e. The van der Waals surface area contributed by atoms with Gasteiger partial charge in [-0.3, -0.25) is 0 Å². The number of aryl methyl sites for hydroxylation is 1. The number of hydrogen-bond donors (Lipinski definition) is 1. The second-order valence-electron chi connectivity index (χ2n) is 2.71. The quantitative estimate of drug-likeness (QED) is 0.832. The van der Waals surface area contributed by atoms with Crippen LogP contribution in [0.3, 0.4) is 0 Å². The van der Waals surface area contributed by atoms with Crippen LogP contribution in [0.15, 0.2) is 12.6 Å². The summed E-state index contributed by atoms with van der Waals surface area (Å²) in [6.07, 6.45) is 1.62. The van der Waals surface area contributed by atoms with E-state index in [0.29, 0.717) is 17.1 Å². The first-order chi connectivity index (χ1) is 7.22. The van der Waals surface area contributed by atoms with Crippen LogP contribution in [0, 0.1) is 6.92 Å². The zero-order valence-electron chi connectivity index (χ0n) is 9.87. The third-order valence-electron chi connectivity index (χ3n) is 1.80. The van der Waals surface area contributed by atoms with Crippen LogP contribution in [0.25, 0.3) is 6.08 Å². The van der Waals surface area contributed by atoms with Crippen molar-refractivity contribution in [3.05, 3.63) is 29.6 Å². The summed E-state index contributed by atoms with van der Waals surface area (Å²) in [6.45, 7) is 9.48. The Hall–Kier alpha value is -1.35. The van der Waals surface area contributed by atoms with E-state index in [4.69, 9.17) is 9.84 Å². The summed E-state index contributed by atoms with van der Waals surface area (Å²) in [4.78, 5) is 4.15. The van der Waals surface area contributed by atoms with Gasteiger partial charge in [-0.05, 0) is 24.6 Å². The lowest BCUT2D eigenvalue weighted by molar-refractivity contribution is 0.276. The van der Waals surface area contributed by atoms with Crippen molar-refractivity contribution in [2.24, 2.45) is 0 Å². The van der Waals surface area contributed by atoms with Gasteiger partial charge in [0.15, 0.2) is 0 Å². The number of aliphatic hydroxyl groups is 1. The lowest BCUT2D eigenvalue weighted by atomic mass is 10.2. The van der Waals surface area contributed by atoms with Gasteiger partial charge in [-0.2, -0.15) is 0 Å². The van der Waals surface area contributed by atoms with Crippen LogP contribution in [0.2, 0.25) is 0 Å². The van der Waals surface area contributed by atoms with Gasteiger partial charge in [0.2, 0.25) is 0 Å². The molecule has 1 N–H and O–H groups in total. The van der Waals surface area contributed by atoms with E-state index in [1.54, 1.807) is 19.3 Å². The first-order valence-electron chi connectivity index (χ1n) is 5.00. The van der Waals surface area contributed by atoms with E-state index < -0.39 is 0 Å². The number of hydrogen-bond acceptors (Lipinski definition) is 3. The maximum Gasteiger partial charge on any atom is 0.147 e. The first kappa shape index (κ1) is 13.7. The highest BCUT2D eigenvalue weighted by atomic mass is 16.5. The Labute approximate surface area is 91.4 Å². The van der Waals surface area contributed by atoms with Gasteiger partial charge < -0.3 is 9.84 Å². The first-order valence-corrected chi connectivity index (χ1v) is 5.00. The maximum atomic E-state index is 8.91. The van der Waals surface area contributed by atoms with Crippen LogP contribution >= 0.6 is 0 Å². The molecule has 0 amide bonds. The highest BCUT2D eigenvalue weighted by molar-refractivity contribution is 5.54. The molecule has 0 atom stereocenters. The Morgan fingerprint density at radius 3 is 2.53 bits per heavy atom. The molecule has 0 aromatic carbocycles. The van der Waals surface area contributed by atoms with Crippen molar-refractivity contribution in [2.45, 2.75) is 27.4 Å². The van der Waals surface area contributed by atoms with E-state index in [1.165, 1.54) is 0 Å². The monoisotopic (exact) mass is 209 g/mol. The largest absolute Gasteiger partial charge is 0.494 e. The molecule has 0 saturated heterocycles. The molecule has 0 fully saturated rings. The zero-order chi connectivity index (χ0) is 11.8. The van der Waals surface area contributed by atoms with Gasteiger partial charge in [0.05, 0.1) is 19.4 Å². The molecule has 0 spiro atoms. The smallest absolute Gasteiger partial charge is 0.147 e. The minimum atomic E-state index is -0.0638. The number of methoxy groups -OCH3 is 1. The fraction of sp³-hybridized carbons (Fsp3) is 0.417. The number of ether oxygens (including phenoxy) is 1.